The van der Waals surface area contributed by atoms with Crippen molar-refractivity contribution in [1.29, 1.82) is 0 Å². The number of ether oxygens (including phenoxy) is 1. The van der Waals surface area contributed by atoms with Crippen LogP contribution in [0.5, 0.6) is 11.5 Å². The van der Waals surface area contributed by atoms with Crippen LogP contribution in [0.1, 0.15) is 58.7 Å². The van der Waals surface area contributed by atoms with Gasteiger partial charge in [-0.15, -0.1) is 0 Å². The third kappa shape index (κ3) is 5.71. The molecule has 2 aromatic rings. The van der Waals surface area contributed by atoms with Gasteiger partial charge in [0.05, 0.1) is 12.3 Å². The first kappa shape index (κ1) is 21.6. The molecule has 3 rings (SSSR count). The van der Waals surface area contributed by atoms with Gasteiger partial charge in [0.2, 0.25) is 0 Å². The quantitative estimate of drug-likeness (QED) is 0.720. The van der Waals surface area contributed by atoms with Crippen LogP contribution in [-0.4, -0.2) is 38.7 Å². The minimum absolute atomic E-state index is 0.0456. The van der Waals surface area contributed by atoms with Crippen molar-refractivity contribution < 1.29 is 9.84 Å². The predicted molar refractivity (Wildman–Crippen MR) is 117 cm³/mol. The molecule has 5 nitrogen and oxygen atoms in total. The topological polar surface area (TPSA) is 57.6 Å². The number of nitrogens with one attached hydrogen (secondary N) is 1. The van der Waals surface area contributed by atoms with Gasteiger partial charge in [-0.05, 0) is 65.7 Å². The number of para-hydroxylation sites is 1. The minimum atomic E-state index is 0.0456. The van der Waals surface area contributed by atoms with E-state index in [1.165, 1.54) is 0 Å². The molecule has 2 N–H and O–H groups in total. The molecule has 1 aliphatic rings. The SMILES string of the molecule is CCOc1cccc(CN(Cc2ccccn2)C2CC(C)(C)NC(C)(C)C2)c1O. The number of aromatic nitrogens is 1. The molecule has 0 spiro atoms. The highest BCUT2D eigenvalue weighted by Gasteiger charge is 2.40. The Kier molecular flexibility index (Phi) is 6.49. The van der Waals surface area contributed by atoms with Crippen molar-refractivity contribution in [1.82, 2.24) is 15.2 Å². The van der Waals surface area contributed by atoms with Gasteiger partial charge in [-0.1, -0.05) is 18.2 Å². The van der Waals surface area contributed by atoms with Crippen molar-refractivity contribution >= 4 is 0 Å². The maximum Gasteiger partial charge on any atom is 0.162 e. The molecular weight excluding hydrogens is 362 g/mol. The van der Waals surface area contributed by atoms with Crippen molar-refractivity contribution in [2.24, 2.45) is 0 Å². The summed E-state index contributed by atoms with van der Waals surface area (Å²) in [6.07, 6.45) is 3.92. The summed E-state index contributed by atoms with van der Waals surface area (Å²) in [4.78, 5) is 7.01. The standard InChI is InChI=1S/C24H35N3O2/c1-6-29-21-12-9-10-18(22(21)28)16-27(17-19-11-7-8-13-25-19)20-14-23(2,3)26-24(4,5)15-20/h7-13,20,26,28H,6,14-17H2,1-5H3. The van der Waals surface area contributed by atoms with E-state index in [-0.39, 0.29) is 16.8 Å². The van der Waals surface area contributed by atoms with Gasteiger partial charge in [0, 0.05) is 42.0 Å². The summed E-state index contributed by atoms with van der Waals surface area (Å²) < 4.78 is 5.60. The van der Waals surface area contributed by atoms with E-state index in [9.17, 15) is 5.11 Å². The molecule has 1 fully saturated rings. The smallest absolute Gasteiger partial charge is 0.162 e. The average molecular weight is 398 g/mol. The fourth-order valence-electron chi connectivity index (χ4n) is 4.73. The molecular formula is C24H35N3O2. The predicted octanol–water partition coefficient (Wildman–Crippen LogP) is 4.50. The Morgan fingerprint density at radius 1 is 1.07 bits per heavy atom. The Balaban J connectivity index is 1.90. The van der Waals surface area contributed by atoms with E-state index in [0.29, 0.717) is 24.9 Å². The highest BCUT2D eigenvalue weighted by atomic mass is 16.5. The van der Waals surface area contributed by atoms with Gasteiger partial charge in [0.25, 0.3) is 0 Å². The normalized spacial score (nSPS) is 18.7. The zero-order valence-corrected chi connectivity index (χ0v) is 18.4. The Hall–Kier alpha value is -2.11. The van der Waals surface area contributed by atoms with Crippen LogP contribution in [0.4, 0.5) is 0 Å². The second kappa shape index (κ2) is 8.72. The Labute approximate surface area is 175 Å². The highest BCUT2D eigenvalue weighted by Crippen LogP contribution is 2.35. The molecule has 1 aromatic heterocycles. The van der Waals surface area contributed by atoms with Crippen LogP contribution in [0.3, 0.4) is 0 Å². The lowest BCUT2D eigenvalue weighted by Gasteiger charge is -2.49. The number of rotatable bonds is 7. The average Bonchev–Trinajstić information content (AvgIpc) is 2.63. The van der Waals surface area contributed by atoms with Gasteiger partial charge in [-0.25, -0.2) is 0 Å². The first-order chi connectivity index (χ1) is 13.7. The largest absolute Gasteiger partial charge is 0.504 e. The zero-order chi connectivity index (χ0) is 21.1. The Morgan fingerprint density at radius 3 is 2.41 bits per heavy atom. The van der Waals surface area contributed by atoms with E-state index in [2.05, 4.69) is 49.0 Å². The molecule has 0 aliphatic carbocycles. The van der Waals surface area contributed by atoms with E-state index >= 15 is 0 Å². The molecule has 29 heavy (non-hydrogen) atoms. The fourth-order valence-corrected chi connectivity index (χ4v) is 4.73. The van der Waals surface area contributed by atoms with Gasteiger partial charge < -0.3 is 15.2 Å². The Bertz CT molecular complexity index is 789. The number of phenolic OH excluding ortho intramolecular Hbond substituents is 1. The molecule has 2 heterocycles. The van der Waals surface area contributed by atoms with Gasteiger partial charge in [-0.2, -0.15) is 0 Å². The van der Waals surface area contributed by atoms with Crippen LogP contribution < -0.4 is 10.1 Å². The molecule has 0 saturated carbocycles. The number of hydrogen-bond donors (Lipinski definition) is 2. The summed E-state index contributed by atoms with van der Waals surface area (Å²) in [6, 6.07) is 12.2. The molecule has 0 amide bonds. The number of pyridine rings is 1. The highest BCUT2D eigenvalue weighted by molar-refractivity contribution is 5.45. The van der Waals surface area contributed by atoms with E-state index in [4.69, 9.17) is 4.74 Å². The van der Waals surface area contributed by atoms with Crippen LogP contribution in [0, 0.1) is 0 Å². The number of benzene rings is 1. The van der Waals surface area contributed by atoms with Crippen molar-refractivity contribution in [2.75, 3.05) is 6.61 Å². The van der Waals surface area contributed by atoms with Crippen molar-refractivity contribution in [3.05, 3.63) is 53.9 Å². The van der Waals surface area contributed by atoms with Gasteiger partial charge in [0.1, 0.15) is 0 Å². The first-order valence-electron chi connectivity index (χ1n) is 10.6. The summed E-state index contributed by atoms with van der Waals surface area (Å²) in [5.74, 6) is 0.793. The summed E-state index contributed by atoms with van der Waals surface area (Å²) in [5, 5.41) is 14.5. The second-order valence-corrected chi connectivity index (χ2v) is 9.38. The fraction of sp³-hybridized carbons (Fsp3) is 0.542. The van der Waals surface area contributed by atoms with Crippen LogP contribution in [0.2, 0.25) is 0 Å². The van der Waals surface area contributed by atoms with E-state index in [1.807, 2.05) is 43.5 Å². The molecule has 158 valence electrons. The number of piperidine rings is 1. The Morgan fingerprint density at radius 2 is 1.79 bits per heavy atom. The van der Waals surface area contributed by atoms with E-state index in [0.717, 1.165) is 30.6 Å². The third-order valence-electron chi connectivity index (χ3n) is 5.53. The van der Waals surface area contributed by atoms with Gasteiger partial charge >= 0.3 is 0 Å². The molecule has 1 aromatic carbocycles. The van der Waals surface area contributed by atoms with E-state index in [1.54, 1.807) is 0 Å². The maximum absolute atomic E-state index is 10.8. The van der Waals surface area contributed by atoms with Crippen LogP contribution >= 0.6 is 0 Å². The van der Waals surface area contributed by atoms with Crippen molar-refractivity contribution in [3.63, 3.8) is 0 Å². The monoisotopic (exact) mass is 397 g/mol. The summed E-state index contributed by atoms with van der Waals surface area (Å²) in [5.41, 5.74) is 2.02. The maximum atomic E-state index is 10.8. The van der Waals surface area contributed by atoms with Crippen molar-refractivity contribution in [3.8, 4) is 11.5 Å². The minimum Gasteiger partial charge on any atom is -0.504 e. The zero-order valence-electron chi connectivity index (χ0n) is 18.4. The molecule has 1 saturated heterocycles. The number of phenols is 1. The number of hydrogen-bond acceptors (Lipinski definition) is 5. The van der Waals surface area contributed by atoms with E-state index < -0.39 is 0 Å². The molecule has 1 aliphatic heterocycles. The van der Waals surface area contributed by atoms with Crippen LogP contribution in [-0.2, 0) is 13.1 Å². The lowest BCUT2D eigenvalue weighted by molar-refractivity contribution is 0.0551. The van der Waals surface area contributed by atoms with Crippen LogP contribution in [0.25, 0.3) is 0 Å². The molecule has 0 radical (unpaired) electrons. The lowest BCUT2D eigenvalue weighted by Crippen LogP contribution is -2.62. The second-order valence-electron chi connectivity index (χ2n) is 9.38. The third-order valence-corrected chi connectivity index (χ3v) is 5.53. The number of nitrogens with zero attached hydrogens (tertiary/aromatic N) is 2. The van der Waals surface area contributed by atoms with Crippen molar-refractivity contribution in [2.45, 2.75) is 77.7 Å². The summed E-state index contributed by atoms with van der Waals surface area (Å²) in [6.45, 7) is 12.9. The van der Waals surface area contributed by atoms with Gasteiger partial charge in [-0.3, -0.25) is 9.88 Å². The molecule has 5 heteroatoms. The summed E-state index contributed by atoms with van der Waals surface area (Å²) >= 11 is 0. The molecule has 0 atom stereocenters. The summed E-state index contributed by atoms with van der Waals surface area (Å²) in [7, 11) is 0. The lowest BCUT2D eigenvalue weighted by atomic mass is 9.79. The van der Waals surface area contributed by atoms with Crippen LogP contribution in [0.15, 0.2) is 42.6 Å². The van der Waals surface area contributed by atoms with Gasteiger partial charge in [0.15, 0.2) is 11.5 Å². The molecule has 0 unspecified atom stereocenters. The molecule has 0 bridgehead atoms. The first-order valence-corrected chi connectivity index (χ1v) is 10.6. The number of aromatic hydroxyl groups is 1.